The molecule has 0 spiro atoms. The Morgan fingerprint density at radius 1 is 1.35 bits per heavy atom. The van der Waals surface area contributed by atoms with E-state index in [-0.39, 0.29) is 10.1 Å². The van der Waals surface area contributed by atoms with E-state index in [4.69, 9.17) is 21.4 Å². The van der Waals surface area contributed by atoms with Crippen molar-refractivity contribution in [1.29, 1.82) is 0 Å². The van der Waals surface area contributed by atoms with E-state index in [1.807, 2.05) is 0 Å². The Morgan fingerprint density at radius 2 is 2.00 bits per heavy atom. The van der Waals surface area contributed by atoms with Crippen molar-refractivity contribution >= 4 is 28.9 Å². The topological polar surface area (TPSA) is 46.5 Å². The highest BCUT2D eigenvalue weighted by Gasteiger charge is 2.23. The van der Waals surface area contributed by atoms with Gasteiger partial charge in [-0.05, 0) is 12.1 Å². The molecule has 0 amide bonds. The molecule has 6 heteroatoms. The second-order valence-electron chi connectivity index (χ2n) is 3.07. The first-order chi connectivity index (χ1) is 8.09. The Balaban J connectivity index is 2.37. The second-order valence-corrected chi connectivity index (χ2v) is 4.69. The summed E-state index contributed by atoms with van der Waals surface area (Å²) in [6.45, 7) is 0. The predicted octanol–water partition coefficient (Wildman–Crippen LogP) is 4.03. The summed E-state index contributed by atoms with van der Waals surface area (Å²) >= 11 is 6.37. The van der Waals surface area contributed by atoms with E-state index in [0.29, 0.717) is 17.1 Å². The number of aromatic carboxylic acids is 1. The molecule has 3 nitrogen and oxygen atoms in total. The monoisotopic (exact) mass is 272 g/mol. The minimum atomic E-state index is -1.36. The van der Waals surface area contributed by atoms with Crippen molar-refractivity contribution in [2.24, 2.45) is 0 Å². The largest absolute Gasteiger partial charge is 0.477 e. The Hall–Kier alpha value is -1.59. The van der Waals surface area contributed by atoms with E-state index in [1.165, 1.54) is 0 Å². The molecule has 1 N–H and O–H groups in total. The Labute approximate surface area is 105 Å². The summed E-state index contributed by atoms with van der Waals surface area (Å²) < 4.78 is 18.8. The van der Waals surface area contributed by atoms with Gasteiger partial charge in [0.25, 0.3) is 0 Å². The average molecular weight is 273 g/mol. The Morgan fingerprint density at radius 3 is 2.53 bits per heavy atom. The fourth-order valence-electron chi connectivity index (χ4n) is 1.20. The number of hydrogen-bond acceptors (Lipinski definition) is 3. The van der Waals surface area contributed by atoms with Crippen LogP contribution in [0.4, 0.5) is 4.39 Å². The van der Waals surface area contributed by atoms with Crippen LogP contribution in [0.3, 0.4) is 0 Å². The van der Waals surface area contributed by atoms with Gasteiger partial charge in [-0.25, -0.2) is 9.18 Å². The summed E-state index contributed by atoms with van der Waals surface area (Å²) in [5.74, 6) is -2.17. The summed E-state index contributed by atoms with van der Waals surface area (Å²) in [6.07, 6.45) is 0. The summed E-state index contributed by atoms with van der Waals surface area (Å²) in [5.41, 5.74) is 0. The molecule has 0 aliphatic heterocycles. The van der Waals surface area contributed by atoms with Crippen LogP contribution in [-0.2, 0) is 0 Å². The molecule has 2 aromatic rings. The molecule has 0 unspecified atom stereocenters. The highest BCUT2D eigenvalue weighted by molar-refractivity contribution is 7.18. The first-order valence-corrected chi connectivity index (χ1v) is 5.73. The predicted molar refractivity (Wildman–Crippen MR) is 62.8 cm³/mol. The second kappa shape index (κ2) is 4.73. The number of ether oxygens (including phenoxy) is 1. The molecule has 17 heavy (non-hydrogen) atoms. The third-order valence-corrected chi connectivity index (χ3v) is 3.25. The number of para-hydroxylation sites is 1. The van der Waals surface area contributed by atoms with Crippen molar-refractivity contribution in [1.82, 2.24) is 0 Å². The molecule has 0 bridgehead atoms. The van der Waals surface area contributed by atoms with Crippen LogP contribution in [0.25, 0.3) is 0 Å². The Bertz CT molecular complexity index is 553. The molecule has 2 rings (SSSR count). The average Bonchev–Trinajstić information content (AvgIpc) is 2.58. The van der Waals surface area contributed by atoms with Crippen LogP contribution in [0.15, 0.2) is 30.3 Å². The molecule has 0 aliphatic rings. The van der Waals surface area contributed by atoms with Gasteiger partial charge in [0.05, 0.1) is 0 Å². The molecular weight excluding hydrogens is 267 g/mol. The molecule has 0 atom stereocenters. The van der Waals surface area contributed by atoms with E-state index in [9.17, 15) is 9.18 Å². The fourth-order valence-corrected chi connectivity index (χ4v) is 2.22. The van der Waals surface area contributed by atoms with Crippen LogP contribution >= 0.6 is 22.9 Å². The van der Waals surface area contributed by atoms with Gasteiger partial charge in [-0.2, -0.15) is 0 Å². The molecule has 0 saturated heterocycles. The van der Waals surface area contributed by atoms with Crippen molar-refractivity contribution in [3.63, 3.8) is 0 Å². The molecule has 88 valence electrons. The third kappa shape index (κ3) is 2.40. The lowest BCUT2D eigenvalue weighted by molar-refractivity contribution is 0.0697. The zero-order chi connectivity index (χ0) is 12.4. The minimum absolute atomic E-state index is 0.0243. The van der Waals surface area contributed by atoms with Gasteiger partial charge in [-0.1, -0.05) is 29.8 Å². The molecule has 1 aromatic carbocycles. The zero-order valence-corrected chi connectivity index (χ0v) is 9.89. The number of carbonyl (C=O) groups is 1. The van der Waals surface area contributed by atoms with E-state index in [0.717, 1.165) is 0 Å². The first-order valence-electron chi connectivity index (χ1n) is 4.53. The van der Waals surface area contributed by atoms with Crippen molar-refractivity contribution in [2.45, 2.75) is 0 Å². The van der Waals surface area contributed by atoms with Gasteiger partial charge in [-0.3, -0.25) is 0 Å². The van der Waals surface area contributed by atoms with Crippen LogP contribution < -0.4 is 4.74 Å². The van der Waals surface area contributed by atoms with Gasteiger partial charge >= 0.3 is 5.97 Å². The molecule has 1 aromatic heterocycles. The number of carboxylic acid groups (broad SMARTS) is 1. The van der Waals surface area contributed by atoms with Crippen LogP contribution in [0.1, 0.15) is 9.67 Å². The maximum atomic E-state index is 13.6. The summed E-state index contributed by atoms with van der Waals surface area (Å²) in [6, 6.07) is 8.44. The lowest BCUT2D eigenvalue weighted by Gasteiger charge is -2.03. The molecule has 0 saturated carbocycles. The van der Waals surface area contributed by atoms with Gasteiger partial charge in [0.15, 0.2) is 16.4 Å². The van der Waals surface area contributed by atoms with Gasteiger partial charge < -0.3 is 9.84 Å². The standard InChI is InChI=1S/C11H6ClFO3S/c12-10-8(7(13)9(17-10)11(14)15)16-6-4-2-1-3-5-6/h1-5H,(H,14,15). The first kappa shape index (κ1) is 11.9. The SMILES string of the molecule is O=C(O)c1sc(Cl)c(Oc2ccccc2)c1F. The molecule has 0 radical (unpaired) electrons. The van der Waals surface area contributed by atoms with E-state index in [2.05, 4.69) is 0 Å². The highest BCUT2D eigenvalue weighted by atomic mass is 35.5. The number of rotatable bonds is 3. The summed E-state index contributed by atoms with van der Waals surface area (Å²) in [7, 11) is 0. The van der Waals surface area contributed by atoms with E-state index >= 15 is 0 Å². The smallest absolute Gasteiger partial charge is 0.349 e. The third-order valence-electron chi connectivity index (χ3n) is 1.93. The lowest BCUT2D eigenvalue weighted by atomic mass is 10.3. The number of halogens is 2. The maximum Gasteiger partial charge on any atom is 0.349 e. The number of carboxylic acids is 1. The van der Waals surface area contributed by atoms with Crippen LogP contribution in [-0.4, -0.2) is 11.1 Å². The number of hydrogen-bond donors (Lipinski definition) is 1. The quantitative estimate of drug-likeness (QED) is 0.917. The minimum Gasteiger partial charge on any atom is -0.477 e. The maximum absolute atomic E-state index is 13.6. The van der Waals surface area contributed by atoms with Gasteiger partial charge in [0.2, 0.25) is 0 Å². The van der Waals surface area contributed by atoms with Crippen molar-refractivity contribution in [3.05, 3.63) is 45.4 Å². The van der Waals surface area contributed by atoms with Crippen LogP contribution in [0, 0.1) is 5.82 Å². The van der Waals surface area contributed by atoms with Crippen LogP contribution in [0.2, 0.25) is 4.34 Å². The zero-order valence-electron chi connectivity index (χ0n) is 8.31. The number of thiophene rings is 1. The fraction of sp³-hybridized carbons (Fsp3) is 0. The lowest BCUT2D eigenvalue weighted by Crippen LogP contribution is -1.95. The van der Waals surface area contributed by atoms with E-state index in [1.54, 1.807) is 30.3 Å². The normalized spacial score (nSPS) is 10.2. The molecular formula is C11H6ClFO3S. The summed E-state index contributed by atoms with van der Waals surface area (Å²) in [5, 5.41) is 8.73. The molecule has 0 fully saturated rings. The van der Waals surface area contributed by atoms with Crippen molar-refractivity contribution in [2.75, 3.05) is 0 Å². The summed E-state index contributed by atoms with van der Waals surface area (Å²) in [4.78, 5) is 10.2. The molecule has 1 heterocycles. The van der Waals surface area contributed by atoms with Gasteiger partial charge in [0.1, 0.15) is 10.1 Å². The molecule has 0 aliphatic carbocycles. The van der Waals surface area contributed by atoms with Crippen molar-refractivity contribution < 1.29 is 19.0 Å². The van der Waals surface area contributed by atoms with Gasteiger partial charge in [-0.15, -0.1) is 11.3 Å². The Kier molecular flexibility index (Phi) is 3.31. The number of benzene rings is 1. The van der Waals surface area contributed by atoms with Crippen LogP contribution in [0.5, 0.6) is 11.5 Å². The van der Waals surface area contributed by atoms with Gasteiger partial charge in [0, 0.05) is 0 Å². The highest BCUT2D eigenvalue weighted by Crippen LogP contribution is 2.40. The van der Waals surface area contributed by atoms with Crippen molar-refractivity contribution in [3.8, 4) is 11.5 Å². The van der Waals surface area contributed by atoms with E-state index < -0.39 is 16.7 Å².